The first-order chi connectivity index (χ1) is 51.9. The van der Waals surface area contributed by atoms with E-state index in [0.29, 0.717) is 89.4 Å². The highest BCUT2D eigenvalue weighted by molar-refractivity contribution is 7.92. The Morgan fingerprint density at radius 1 is 0.421 bits per heavy atom. The number of para-hydroxylation sites is 1. The second-order valence-corrected chi connectivity index (χ2v) is 26.5. The smallest absolute Gasteiger partial charge is 0.229 e. The number of hydrogen-bond acceptors (Lipinski definition) is 14. The molecule has 0 atom stereocenters. The van der Waals surface area contributed by atoms with Crippen LogP contribution in [0.1, 0.15) is 5.56 Å². The molecular formula is C78H58FN19O8S. The Labute approximate surface area is 601 Å². The van der Waals surface area contributed by atoms with Crippen molar-refractivity contribution in [1.29, 1.82) is 0 Å². The zero-order chi connectivity index (χ0) is 73.8. The number of anilines is 1. The van der Waals surface area contributed by atoms with Crippen molar-refractivity contribution in [2.45, 2.75) is 0 Å². The summed E-state index contributed by atoms with van der Waals surface area (Å²) < 4.78 is 38.7. The number of H-pyrrole nitrogens is 10. The third-order valence-electron chi connectivity index (χ3n) is 17.9. The van der Waals surface area contributed by atoms with Crippen LogP contribution in [-0.2, 0) is 10.0 Å². The highest BCUT2D eigenvalue weighted by Gasteiger charge is 2.22. The molecule has 0 fully saturated rings. The Morgan fingerprint density at radius 3 is 1.15 bits per heavy atom. The summed E-state index contributed by atoms with van der Waals surface area (Å²) in [4.78, 5) is 55.8. The molecule has 0 saturated heterocycles. The molecule has 0 amide bonds. The summed E-state index contributed by atoms with van der Waals surface area (Å²) in [6.07, 6.45) is 10.2. The number of nitrogens with one attached hydrogen (secondary N) is 11. The van der Waals surface area contributed by atoms with Gasteiger partial charge in [-0.3, -0.25) is 4.72 Å². The lowest BCUT2D eigenvalue weighted by Gasteiger charge is -2.05. The van der Waals surface area contributed by atoms with E-state index in [9.17, 15) is 38.3 Å². The minimum absolute atomic E-state index is 0.00585. The van der Waals surface area contributed by atoms with E-state index in [4.69, 9.17) is 17.5 Å². The number of hydrogen-bond donors (Lipinski definition) is 18. The average Bonchev–Trinajstić information content (AvgIpc) is 1.66. The summed E-state index contributed by atoms with van der Waals surface area (Å²) in [5, 5.41) is 71.6. The predicted octanol–water partition coefficient (Wildman–Crippen LogP) is 16.2. The third kappa shape index (κ3) is 12.8. The van der Waals surface area contributed by atoms with Gasteiger partial charge in [0.05, 0.1) is 69.1 Å². The van der Waals surface area contributed by atoms with Crippen LogP contribution in [0.15, 0.2) is 224 Å². The molecule has 15 aromatic heterocycles. The number of aromatic hydroxyl groups is 5. The Hall–Kier alpha value is -15.3. The summed E-state index contributed by atoms with van der Waals surface area (Å²) >= 11 is 0. The van der Waals surface area contributed by atoms with Gasteiger partial charge in [0.2, 0.25) is 10.0 Å². The molecule has 29 heteroatoms. The Kier molecular flexibility index (Phi) is 16.7. The van der Waals surface area contributed by atoms with Crippen LogP contribution in [0.5, 0.6) is 29.4 Å². The highest BCUT2D eigenvalue weighted by Crippen LogP contribution is 2.42. The molecule has 0 spiro atoms. The number of amidine groups is 1. The average molecular weight is 1440 g/mol. The maximum atomic E-state index is 13.4. The maximum Gasteiger partial charge on any atom is 0.229 e. The Morgan fingerprint density at radius 2 is 0.757 bits per heavy atom. The van der Waals surface area contributed by atoms with Gasteiger partial charge in [-0.15, -0.1) is 0 Å². The number of rotatable bonds is 8. The SMILES string of the molecule is CS(=O)(=O)Nc1ccc2[nH]c(O)c(-c3ccc4cc[nH]c4n3)c2c1.N/C(=N\O)c1ccc2[nH]c(O)c(-c3ccc4cc[nH]c4n3)c2c1.Oc1[nH]c2ccc(F)cc2c1-c1ccc2cc[nH]c2n1.Oc1[nH]c2ccccc2c1-c1ccc2cc[nH]c2n1.[C-]#[N+]c1ccc2[nH]c(O)c(-c3ccc4cc[nH]c4n3)c2c1. The fourth-order valence-corrected chi connectivity index (χ4v) is 13.6. The third-order valence-corrected chi connectivity index (χ3v) is 18.5. The van der Waals surface area contributed by atoms with Crippen LogP contribution < -0.4 is 10.5 Å². The Bertz CT molecular complexity index is 7020. The number of aromatic amines is 10. The molecule has 19 N–H and O–H groups in total. The van der Waals surface area contributed by atoms with Crippen LogP contribution in [0.3, 0.4) is 0 Å². The molecule has 526 valence electrons. The van der Waals surface area contributed by atoms with Crippen molar-refractivity contribution in [3.8, 4) is 85.7 Å². The van der Waals surface area contributed by atoms with Gasteiger partial charge in [-0.2, -0.15) is 0 Å². The molecule has 0 aliphatic heterocycles. The van der Waals surface area contributed by atoms with Gasteiger partial charge in [0.1, 0.15) is 34.1 Å². The number of fused-ring (bicyclic) bond motifs is 10. The molecule has 107 heavy (non-hydrogen) atoms. The molecule has 27 nitrogen and oxygen atoms in total. The summed E-state index contributed by atoms with van der Waals surface area (Å²) in [5.74, 6) is -0.130. The van der Waals surface area contributed by atoms with Crippen molar-refractivity contribution in [3.05, 3.63) is 242 Å². The van der Waals surface area contributed by atoms with E-state index in [1.165, 1.54) is 12.1 Å². The molecule has 0 aliphatic rings. The van der Waals surface area contributed by atoms with Gasteiger partial charge in [-0.1, -0.05) is 29.4 Å². The number of benzene rings is 5. The zero-order valence-electron chi connectivity index (χ0n) is 55.8. The summed E-state index contributed by atoms with van der Waals surface area (Å²) in [6, 6.07) is 56.2. The van der Waals surface area contributed by atoms with Gasteiger partial charge in [0, 0.05) is 124 Å². The molecular weight excluding hydrogens is 1380 g/mol. The van der Waals surface area contributed by atoms with Crippen LogP contribution in [0, 0.1) is 12.4 Å². The van der Waals surface area contributed by atoms with Gasteiger partial charge in [0.25, 0.3) is 0 Å². The van der Waals surface area contributed by atoms with Crippen molar-refractivity contribution in [1.82, 2.24) is 74.8 Å². The normalized spacial score (nSPS) is 11.7. The van der Waals surface area contributed by atoms with Gasteiger partial charge < -0.3 is 86.3 Å². The van der Waals surface area contributed by atoms with E-state index in [1.807, 2.05) is 134 Å². The van der Waals surface area contributed by atoms with Gasteiger partial charge >= 0.3 is 0 Å². The molecule has 0 aliphatic carbocycles. The minimum atomic E-state index is -3.38. The number of nitrogens with zero attached hydrogens (tertiary/aromatic N) is 7. The lowest BCUT2D eigenvalue weighted by molar-refractivity contribution is 0.318. The summed E-state index contributed by atoms with van der Waals surface area (Å²) in [5.41, 5.74) is 20.9. The van der Waals surface area contributed by atoms with E-state index in [2.05, 4.69) is 89.5 Å². The summed E-state index contributed by atoms with van der Waals surface area (Å²) in [7, 11) is -3.38. The lowest BCUT2D eigenvalue weighted by Crippen LogP contribution is -2.12. The van der Waals surface area contributed by atoms with E-state index < -0.39 is 10.0 Å². The first kappa shape index (κ1) is 66.3. The summed E-state index contributed by atoms with van der Waals surface area (Å²) in [6.45, 7) is 7.12. The van der Waals surface area contributed by atoms with Crippen LogP contribution in [0.25, 0.3) is 171 Å². The molecule has 0 unspecified atom stereocenters. The van der Waals surface area contributed by atoms with Gasteiger partial charge in [0.15, 0.2) is 40.9 Å². The van der Waals surface area contributed by atoms with Gasteiger partial charge in [-0.05, 0) is 164 Å². The first-order valence-corrected chi connectivity index (χ1v) is 34.7. The van der Waals surface area contributed by atoms with Crippen molar-refractivity contribution in [2.75, 3.05) is 11.0 Å². The van der Waals surface area contributed by atoms with Crippen molar-refractivity contribution in [2.24, 2.45) is 10.9 Å². The number of sulfonamides is 1. The lowest BCUT2D eigenvalue weighted by atomic mass is 10.1. The van der Waals surface area contributed by atoms with E-state index in [1.54, 1.807) is 73.1 Å². The highest BCUT2D eigenvalue weighted by atomic mass is 32.2. The van der Waals surface area contributed by atoms with Crippen molar-refractivity contribution >= 4 is 137 Å². The fourth-order valence-electron chi connectivity index (χ4n) is 13.0. The fraction of sp³-hybridized carbons (Fsp3) is 0.0128. The molecule has 20 aromatic rings. The molecule has 0 bridgehead atoms. The van der Waals surface area contributed by atoms with Crippen molar-refractivity contribution < 1.29 is 43.5 Å². The number of pyridine rings is 5. The zero-order valence-corrected chi connectivity index (χ0v) is 56.6. The molecule has 20 rings (SSSR count). The largest absolute Gasteiger partial charge is 0.494 e. The quantitative estimate of drug-likeness (QED) is 0.0221. The molecule has 0 radical (unpaired) electrons. The van der Waals surface area contributed by atoms with Gasteiger partial charge in [-0.25, -0.2) is 42.6 Å². The monoisotopic (exact) mass is 1440 g/mol. The van der Waals surface area contributed by atoms with Crippen LogP contribution in [-0.4, -0.2) is 126 Å². The molecule has 5 aromatic carbocycles. The number of nitrogens with two attached hydrogens (primary N) is 1. The Balaban J connectivity index is 0.000000102. The topological polar surface area (TPSA) is 433 Å². The van der Waals surface area contributed by atoms with Crippen molar-refractivity contribution in [3.63, 3.8) is 0 Å². The standard InChI is InChI=1S/C16H13N5O2.C16H14N4O3S.C16H10N4O.C15H10FN3O.C15H11N3O/c17-14(21-23)9-2-3-11-10(7-9)13(16(22)20-11)12-4-1-8-5-6-18-15(8)19-12;1-24(22,23)20-10-3-5-12-11(8-10)14(16(21)19-12)13-4-2-9-6-7-17-15(9)18-13;1-17-10-3-5-12-11(8-10)14(16(21)20-12)13-4-2-9-6-7-18-15(9)19-13;16-9-2-4-11-10(7-9)13(15(20)19-11)12-3-1-8-5-6-17-14(8)18-12;19-15-13(10-3-1-2-4-11(10)18-15)12-6-5-9-7-8-16-14(9)17-12/h1-7,20,22-23H,(H2,17,21)(H,18,19);2-8,19-21H,1H3,(H,17,18);2-8,20-21H,(H,18,19);1-7,19-20H,(H,17,18);1-8,18-19H,(H,16,17). The predicted molar refractivity (Wildman–Crippen MR) is 412 cm³/mol. The molecule has 15 heterocycles. The van der Waals surface area contributed by atoms with Crippen LogP contribution in [0.2, 0.25) is 0 Å². The minimum Gasteiger partial charge on any atom is -0.494 e. The second-order valence-electron chi connectivity index (χ2n) is 24.8. The second kappa shape index (κ2) is 26.9. The van der Waals surface area contributed by atoms with E-state index >= 15 is 0 Å². The maximum absolute atomic E-state index is 13.4. The number of aromatic nitrogens is 15. The van der Waals surface area contributed by atoms with Crippen LogP contribution >= 0.6 is 0 Å². The molecule has 0 saturated carbocycles. The van der Waals surface area contributed by atoms with Crippen LogP contribution in [0.4, 0.5) is 15.8 Å². The number of oxime groups is 1. The first-order valence-electron chi connectivity index (χ1n) is 32.8. The number of halogens is 1. The van der Waals surface area contributed by atoms with E-state index in [0.717, 1.165) is 99.7 Å². The van der Waals surface area contributed by atoms with E-state index in [-0.39, 0.29) is 41.1 Å².